The first kappa shape index (κ1) is 13.8. The summed E-state index contributed by atoms with van der Waals surface area (Å²) in [5.41, 5.74) is 1.43. The molecule has 0 aliphatic rings. The van der Waals surface area contributed by atoms with Crippen molar-refractivity contribution >= 4 is 0 Å². The molecule has 1 unspecified atom stereocenters. The number of rotatable bonds is 8. The Morgan fingerprint density at radius 3 is 2.79 bits per heavy atom. The van der Waals surface area contributed by atoms with Crippen LogP contribution in [0.4, 0.5) is 0 Å². The van der Waals surface area contributed by atoms with Crippen LogP contribution in [0.5, 0.6) is 0 Å². The first-order chi connectivity index (χ1) is 9.36. The van der Waals surface area contributed by atoms with E-state index in [9.17, 15) is 0 Å². The Bertz CT molecular complexity index is 436. The van der Waals surface area contributed by atoms with E-state index in [0.717, 1.165) is 26.1 Å². The van der Waals surface area contributed by atoms with E-state index in [1.54, 1.807) is 0 Å². The minimum atomic E-state index is 0.627. The minimum Gasteiger partial charge on any atom is -0.337 e. The van der Waals surface area contributed by atoms with E-state index in [1.165, 1.54) is 12.0 Å². The van der Waals surface area contributed by atoms with Crippen LogP contribution in [0.2, 0.25) is 0 Å². The van der Waals surface area contributed by atoms with E-state index in [4.69, 9.17) is 0 Å². The van der Waals surface area contributed by atoms with E-state index in [2.05, 4.69) is 52.1 Å². The maximum absolute atomic E-state index is 4.04. The lowest BCUT2D eigenvalue weighted by Crippen LogP contribution is -2.19. The van der Waals surface area contributed by atoms with Crippen molar-refractivity contribution in [3.05, 3.63) is 54.6 Å². The van der Waals surface area contributed by atoms with Gasteiger partial charge in [0.25, 0.3) is 0 Å². The number of nitrogens with zero attached hydrogens (tertiary/aromatic N) is 2. The molecule has 0 amide bonds. The molecule has 0 saturated carbocycles. The molecule has 102 valence electrons. The average Bonchev–Trinajstić information content (AvgIpc) is 2.96. The SMILES string of the molecule is CC(CCNCCCn1ccnc1)c1ccccc1. The van der Waals surface area contributed by atoms with Crippen molar-refractivity contribution in [3.8, 4) is 0 Å². The fourth-order valence-electron chi connectivity index (χ4n) is 2.20. The van der Waals surface area contributed by atoms with Crippen LogP contribution in [0.25, 0.3) is 0 Å². The van der Waals surface area contributed by atoms with Gasteiger partial charge in [0.05, 0.1) is 6.33 Å². The summed E-state index contributed by atoms with van der Waals surface area (Å²) in [6, 6.07) is 10.7. The van der Waals surface area contributed by atoms with Crippen molar-refractivity contribution in [1.29, 1.82) is 0 Å². The fraction of sp³-hybridized carbons (Fsp3) is 0.438. The summed E-state index contributed by atoms with van der Waals surface area (Å²) in [4.78, 5) is 4.04. The molecular formula is C16H23N3. The Hall–Kier alpha value is -1.61. The normalized spacial score (nSPS) is 12.5. The summed E-state index contributed by atoms with van der Waals surface area (Å²) >= 11 is 0. The standard InChI is InChI=1S/C16H23N3/c1-15(16-6-3-2-4-7-16)8-10-17-9-5-12-19-13-11-18-14-19/h2-4,6-7,11,13-15,17H,5,8-10,12H2,1H3. The Morgan fingerprint density at radius 2 is 2.05 bits per heavy atom. The third-order valence-corrected chi connectivity index (χ3v) is 3.45. The van der Waals surface area contributed by atoms with Crippen molar-refractivity contribution in [1.82, 2.24) is 14.9 Å². The zero-order valence-corrected chi connectivity index (χ0v) is 11.6. The lowest BCUT2D eigenvalue weighted by molar-refractivity contribution is 0.550. The molecule has 2 rings (SSSR count). The van der Waals surface area contributed by atoms with Gasteiger partial charge in [-0.15, -0.1) is 0 Å². The Balaban J connectivity index is 1.54. The van der Waals surface area contributed by atoms with Gasteiger partial charge in [0.15, 0.2) is 0 Å². The molecule has 0 spiro atoms. The number of aromatic nitrogens is 2. The third kappa shape index (κ3) is 4.87. The highest BCUT2D eigenvalue weighted by Crippen LogP contribution is 2.17. The molecule has 1 atom stereocenters. The summed E-state index contributed by atoms with van der Waals surface area (Å²) < 4.78 is 2.12. The van der Waals surface area contributed by atoms with Crippen LogP contribution in [0.3, 0.4) is 0 Å². The molecule has 1 aromatic carbocycles. The van der Waals surface area contributed by atoms with Gasteiger partial charge in [-0.05, 0) is 37.4 Å². The predicted molar refractivity (Wildman–Crippen MR) is 79.2 cm³/mol. The van der Waals surface area contributed by atoms with Crippen LogP contribution in [0.15, 0.2) is 49.1 Å². The van der Waals surface area contributed by atoms with Gasteiger partial charge < -0.3 is 9.88 Å². The lowest BCUT2D eigenvalue weighted by atomic mass is 9.98. The summed E-state index contributed by atoms with van der Waals surface area (Å²) in [7, 11) is 0. The summed E-state index contributed by atoms with van der Waals surface area (Å²) in [5.74, 6) is 0.627. The fourth-order valence-corrected chi connectivity index (χ4v) is 2.20. The van der Waals surface area contributed by atoms with Gasteiger partial charge in [-0.1, -0.05) is 37.3 Å². The molecular weight excluding hydrogens is 234 g/mol. The largest absolute Gasteiger partial charge is 0.337 e. The van der Waals surface area contributed by atoms with Gasteiger partial charge >= 0.3 is 0 Å². The lowest BCUT2D eigenvalue weighted by Gasteiger charge is -2.12. The number of hydrogen-bond acceptors (Lipinski definition) is 2. The minimum absolute atomic E-state index is 0.627. The second kappa shape index (κ2) is 7.74. The van der Waals surface area contributed by atoms with Crippen LogP contribution < -0.4 is 5.32 Å². The Labute approximate surface area is 115 Å². The van der Waals surface area contributed by atoms with Crippen molar-refractivity contribution in [3.63, 3.8) is 0 Å². The number of aryl methyl sites for hydroxylation is 1. The highest BCUT2D eigenvalue weighted by atomic mass is 15.0. The van der Waals surface area contributed by atoms with E-state index in [1.807, 2.05) is 18.7 Å². The van der Waals surface area contributed by atoms with Crippen molar-refractivity contribution in [2.45, 2.75) is 32.2 Å². The van der Waals surface area contributed by atoms with Gasteiger partial charge in [-0.25, -0.2) is 4.98 Å². The molecule has 1 aromatic heterocycles. The molecule has 1 N–H and O–H groups in total. The maximum Gasteiger partial charge on any atom is 0.0945 e. The van der Waals surface area contributed by atoms with E-state index in [0.29, 0.717) is 5.92 Å². The molecule has 0 bridgehead atoms. The number of nitrogens with one attached hydrogen (secondary N) is 1. The van der Waals surface area contributed by atoms with Gasteiger partial charge in [0.1, 0.15) is 0 Å². The first-order valence-electron chi connectivity index (χ1n) is 7.07. The highest BCUT2D eigenvalue weighted by Gasteiger charge is 2.03. The van der Waals surface area contributed by atoms with Crippen molar-refractivity contribution < 1.29 is 0 Å². The monoisotopic (exact) mass is 257 g/mol. The molecule has 0 aliphatic heterocycles. The Kier molecular flexibility index (Phi) is 5.63. The highest BCUT2D eigenvalue weighted by molar-refractivity contribution is 5.18. The predicted octanol–water partition coefficient (Wildman–Crippen LogP) is 3.06. The summed E-state index contributed by atoms with van der Waals surface area (Å²) in [5, 5.41) is 3.51. The molecule has 0 radical (unpaired) electrons. The van der Waals surface area contributed by atoms with Gasteiger partial charge in [-0.3, -0.25) is 0 Å². The van der Waals surface area contributed by atoms with Crippen LogP contribution in [0.1, 0.15) is 31.2 Å². The molecule has 0 aliphatic carbocycles. The second-order valence-corrected chi connectivity index (χ2v) is 5.00. The second-order valence-electron chi connectivity index (χ2n) is 5.00. The molecule has 2 aromatic rings. The number of benzene rings is 1. The van der Waals surface area contributed by atoms with Crippen LogP contribution in [-0.4, -0.2) is 22.6 Å². The molecule has 3 heteroatoms. The smallest absolute Gasteiger partial charge is 0.0945 e. The van der Waals surface area contributed by atoms with E-state index in [-0.39, 0.29) is 0 Å². The van der Waals surface area contributed by atoms with Crippen molar-refractivity contribution in [2.75, 3.05) is 13.1 Å². The van der Waals surface area contributed by atoms with Gasteiger partial charge in [0, 0.05) is 18.9 Å². The third-order valence-electron chi connectivity index (χ3n) is 3.45. The number of imidazole rings is 1. The topological polar surface area (TPSA) is 29.9 Å². The van der Waals surface area contributed by atoms with E-state index < -0.39 is 0 Å². The van der Waals surface area contributed by atoms with Crippen LogP contribution in [-0.2, 0) is 6.54 Å². The van der Waals surface area contributed by atoms with Crippen LogP contribution in [0, 0.1) is 0 Å². The molecule has 0 saturated heterocycles. The van der Waals surface area contributed by atoms with Crippen molar-refractivity contribution in [2.24, 2.45) is 0 Å². The number of hydrogen-bond donors (Lipinski definition) is 1. The maximum atomic E-state index is 4.04. The molecule has 3 nitrogen and oxygen atoms in total. The van der Waals surface area contributed by atoms with E-state index >= 15 is 0 Å². The summed E-state index contributed by atoms with van der Waals surface area (Å²) in [6.45, 7) is 5.49. The quantitative estimate of drug-likeness (QED) is 0.737. The zero-order valence-electron chi connectivity index (χ0n) is 11.6. The van der Waals surface area contributed by atoms with Crippen LogP contribution >= 0.6 is 0 Å². The van der Waals surface area contributed by atoms with Gasteiger partial charge in [0.2, 0.25) is 0 Å². The summed E-state index contributed by atoms with van der Waals surface area (Å²) in [6.07, 6.45) is 8.05. The zero-order chi connectivity index (χ0) is 13.3. The first-order valence-corrected chi connectivity index (χ1v) is 7.07. The molecule has 1 heterocycles. The van der Waals surface area contributed by atoms with Gasteiger partial charge in [-0.2, -0.15) is 0 Å². The average molecular weight is 257 g/mol. The molecule has 19 heavy (non-hydrogen) atoms. The Morgan fingerprint density at radius 1 is 1.21 bits per heavy atom. The molecule has 0 fully saturated rings.